The predicted octanol–water partition coefficient (Wildman–Crippen LogP) is 3.40. The van der Waals surface area contributed by atoms with Gasteiger partial charge in [0.2, 0.25) is 0 Å². The second kappa shape index (κ2) is 6.37. The van der Waals surface area contributed by atoms with Crippen LogP contribution in [0.3, 0.4) is 0 Å². The molecule has 1 fully saturated rings. The van der Waals surface area contributed by atoms with Crippen molar-refractivity contribution in [3.63, 3.8) is 0 Å². The summed E-state index contributed by atoms with van der Waals surface area (Å²) in [6, 6.07) is 5.87. The van der Waals surface area contributed by atoms with Crippen molar-refractivity contribution in [2.45, 2.75) is 52.5 Å². The van der Waals surface area contributed by atoms with Gasteiger partial charge in [-0.3, -0.25) is 4.79 Å². The highest BCUT2D eigenvalue weighted by Crippen LogP contribution is 2.37. The minimum absolute atomic E-state index is 0.0514. The normalized spacial score (nSPS) is 20.8. The lowest BCUT2D eigenvalue weighted by molar-refractivity contribution is 0.0956. The second-order valence-electron chi connectivity index (χ2n) is 6.76. The van der Waals surface area contributed by atoms with E-state index in [0.29, 0.717) is 29.3 Å². The van der Waals surface area contributed by atoms with E-state index < -0.39 is 0 Å². The zero-order chi connectivity index (χ0) is 15.5. The van der Waals surface area contributed by atoms with Gasteiger partial charge in [0, 0.05) is 18.2 Å². The van der Waals surface area contributed by atoms with Crippen molar-refractivity contribution >= 4 is 17.3 Å². The molecule has 1 aliphatic rings. The van der Waals surface area contributed by atoms with E-state index in [1.165, 1.54) is 12.8 Å². The van der Waals surface area contributed by atoms with Crippen LogP contribution in [-0.2, 0) is 0 Å². The molecular weight excluding hydrogens is 262 g/mol. The average Bonchev–Trinajstić information content (AvgIpc) is 2.40. The molecule has 1 saturated carbocycles. The van der Waals surface area contributed by atoms with E-state index in [4.69, 9.17) is 5.73 Å². The van der Waals surface area contributed by atoms with E-state index in [9.17, 15) is 4.79 Å². The van der Waals surface area contributed by atoms with Crippen molar-refractivity contribution in [3.8, 4) is 0 Å². The first kappa shape index (κ1) is 15.7. The fraction of sp³-hybridized carbons (Fsp3) is 0.588. The summed E-state index contributed by atoms with van der Waals surface area (Å²) in [5.74, 6) is -0.0514. The highest BCUT2D eigenvalue weighted by atomic mass is 16.1. The maximum atomic E-state index is 11.9. The lowest BCUT2D eigenvalue weighted by atomic mass is 9.75. The van der Waals surface area contributed by atoms with E-state index in [2.05, 4.69) is 24.5 Å². The number of benzene rings is 1. The van der Waals surface area contributed by atoms with Crippen LogP contribution in [0.2, 0.25) is 0 Å². The Morgan fingerprint density at radius 2 is 2.19 bits per heavy atom. The Morgan fingerprint density at radius 3 is 2.86 bits per heavy atom. The third-order valence-electron chi connectivity index (χ3n) is 4.22. The van der Waals surface area contributed by atoms with Crippen LogP contribution in [0.5, 0.6) is 0 Å². The zero-order valence-electron chi connectivity index (χ0n) is 13.3. The Bertz CT molecular complexity index is 511. The predicted molar refractivity (Wildman–Crippen MR) is 88.5 cm³/mol. The summed E-state index contributed by atoms with van der Waals surface area (Å²) in [6.07, 6.45) is 4.81. The fourth-order valence-corrected chi connectivity index (χ4v) is 3.13. The lowest BCUT2D eigenvalue weighted by Crippen LogP contribution is -2.32. The summed E-state index contributed by atoms with van der Waals surface area (Å²) in [4.78, 5) is 11.9. The molecule has 4 nitrogen and oxygen atoms in total. The van der Waals surface area contributed by atoms with Crippen molar-refractivity contribution in [2.75, 3.05) is 17.6 Å². The Labute approximate surface area is 127 Å². The third kappa shape index (κ3) is 4.13. The van der Waals surface area contributed by atoms with Crippen molar-refractivity contribution < 1.29 is 4.79 Å². The van der Waals surface area contributed by atoms with Crippen LogP contribution in [0.4, 0.5) is 11.4 Å². The first-order valence-electron chi connectivity index (χ1n) is 7.85. The summed E-state index contributed by atoms with van der Waals surface area (Å²) in [5, 5.41) is 6.35. The Balaban J connectivity index is 2.12. The summed E-state index contributed by atoms with van der Waals surface area (Å²) in [5.41, 5.74) is 8.66. The number of hydrogen-bond acceptors (Lipinski definition) is 3. The molecule has 116 valence electrons. The third-order valence-corrected chi connectivity index (χ3v) is 4.22. The van der Waals surface area contributed by atoms with Crippen LogP contribution >= 0.6 is 0 Å². The topological polar surface area (TPSA) is 67.2 Å². The van der Waals surface area contributed by atoms with Gasteiger partial charge in [0.05, 0.1) is 11.4 Å². The molecule has 1 amide bonds. The molecule has 1 aromatic rings. The highest BCUT2D eigenvalue weighted by molar-refractivity contribution is 5.96. The molecule has 4 N–H and O–H groups in total. The molecule has 1 aliphatic carbocycles. The molecule has 0 saturated heterocycles. The molecule has 0 spiro atoms. The molecule has 0 heterocycles. The van der Waals surface area contributed by atoms with Crippen molar-refractivity contribution in [1.82, 2.24) is 5.32 Å². The molecule has 0 aromatic heterocycles. The van der Waals surface area contributed by atoms with E-state index in [-0.39, 0.29) is 5.91 Å². The van der Waals surface area contributed by atoms with Crippen LogP contribution in [0.1, 0.15) is 56.8 Å². The molecule has 1 atom stereocenters. The van der Waals surface area contributed by atoms with Gasteiger partial charge in [0.25, 0.3) is 5.91 Å². The highest BCUT2D eigenvalue weighted by Gasteiger charge is 2.28. The lowest BCUT2D eigenvalue weighted by Gasteiger charge is -2.36. The Morgan fingerprint density at radius 1 is 1.43 bits per heavy atom. The van der Waals surface area contributed by atoms with E-state index >= 15 is 0 Å². The SMILES string of the molecule is CCNC(=O)c1ccc(N)c(NC2CCCC(C)(C)C2)c1. The second-order valence-corrected chi connectivity index (χ2v) is 6.76. The molecule has 4 heteroatoms. The molecule has 0 aliphatic heterocycles. The van der Waals surface area contributed by atoms with Gasteiger partial charge < -0.3 is 16.4 Å². The summed E-state index contributed by atoms with van der Waals surface area (Å²) < 4.78 is 0. The van der Waals surface area contributed by atoms with Crippen LogP contribution < -0.4 is 16.4 Å². The zero-order valence-corrected chi connectivity index (χ0v) is 13.3. The molecular formula is C17H27N3O. The molecule has 0 bridgehead atoms. The number of hydrogen-bond donors (Lipinski definition) is 3. The number of carbonyl (C=O) groups excluding carboxylic acids is 1. The number of nitrogens with two attached hydrogens (primary N) is 1. The van der Waals surface area contributed by atoms with Crippen molar-refractivity contribution in [1.29, 1.82) is 0 Å². The van der Waals surface area contributed by atoms with E-state index in [1.807, 2.05) is 13.0 Å². The smallest absolute Gasteiger partial charge is 0.251 e. The maximum absolute atomic E-state index is 11.9. The number of nitrogens with one attached hydrogen (secondary N) is 2. The van der Waals surface area contributed by atoms with Gasteiger partial charge in [-0.1, -0.05) is 20.3 Å². The van der Waals surface area contributed by atoms with E-state index in [1.54, 1.807) is 12.1 Å². The summed E-state index contributed by atoms with van der Waals surface area (Å²) in [6.45, 7) is 7.17. The van der Waals surface area contributed by atoms with Gasteiger partial charge in [-0.25, -0.2) is 0 Å². The number of carbonyl (C=O) groups is 1. The van der Waals surface area contributed by atoms with Crippen LogP contribution in [0.15, 0.2) is 18.2 Å². The van der Waals surface area contributed by atoms with Gasteiger partial charge in [-0.2, -0.15) is 0 Å². The van der Waals surface area contributed by atoms with Crippen molar-refractivity contribution in [2.24, 2.45) is 5.41 Å². The average molecular weight is 289 g/mol. The maximum Gasteiger partial charge on any atom is 0.251 e. The fourth-order valence-electron chi connectivity index (χ4n) is 3.13. The molecule has 2 rings (SSSR count). The largest absolute Gasteiger partial charge is 0.397 e. The first-order chi connectivity index (χ1) is 9.91. The van der Waals surface area contributed by atoms with Gasteiger partial charge in [-0.05, 0) is 49.8 Å². The van der Waals surface area contributed by atoms with Crippen LogP contribution in [0.25, 0.3) is 0 Å². The minimum atomic E-state index is -0.0514. The van der Waals surface area contributed by atoms with Gasteiger partial charge in [0.15, 0.2) is 0 Å². The quantitative estimate of drug-likeness (QED) is 0.744. The molecule has 1 aromatic carbocycles. The number of rotatable bonds is 4. The van der Waals surface area contributed by atoms with Gasteiger partial charge in [0.1, 0.15) is 0 Å². The number of anilines is 2. The minimum Gasteiger partial charge on any atom is -0.397 e. The first-order valence-corrected chi connectivity index (χ1v) is 7.85. The standard InChI is InChI=1S/C17H27N3O/c1-4-19-16(21)12-7-8-14(18)15(10-12)20-13-6-5-9-17(2,3)11-13/h7-8,10,13,20H,4-6,9,11,18H2,1-3H3,(H,19,21). The summed E-state index contributed by atoms with van der Waals surface area (Å²) >= 11 is 0. The molecule has 21 heavy (non-hydrogen) atoms. The van der Waals surface area contributed by atoms with Gasteiger partial charge >= 0.3 is 0 Å². The van der Waals surface area contributed by atoms with Crippen molar-refractivity contribution in [3.05, 3.63) is 23.8 Å². The monoisotopic (exact) mass is 289 g/mol. The Kier molecular flexibility index (Phi) is 4.76. The molecule has 0 radical (unpaired) electrons. The number of nitrogen functional groups attached to an aromatic ring is 1. The summed E-state index contributed by atoms with van der Waals surface area (Å²) in [7, 11) is 0. The van der Waals surface area contributed by atoms with Crippen LogP contribution in [0, 0.1) is 5.41 Å². The Hall–Kier alpha value is -1.71. The molecule has 1 unspecified atom stereocenters. The van der Waals surface area contributed by atoms with Crippen LogP contribution in [-0.4, -0.2) is 18.5 Å². The van der Waals surface area contributed by atoms with E-state index in [0.717, 1.165) is 18.5 Å². The number of amides is 1. The van der Waals surface area contributed by atoms with Gasteiger partial charge in [-0.15, -0.1) is 0 Å².